The van der Waals surface area contributed by atoms with Gasteiger partial charge in [0.25, 0.3) is 5.69 Å². The maximum absolute atomic E-state index is 12.2. The summed E-state index contributed by atoms with van der Waals surface area (Å²) in [6, 6.07) is 3.27. The van der Waals surface area contributed by atoms with Crippen LogP contribution in [0.5, 0.6) is 0 Å². The molecule has 0 bridgehead atoms. The Morgan fingerprint density at radius 3 is 2.50 bits per heavy atom. The second kappa shape index (κ2) is 3.45. The van der Waals surface area contributed by atoms with Crippen molar-refractivity contribution in [2.45, 2.75) is 6.18 Å². The lowest BCUT2D eigenvalue weighted by Gasteiger charge is -2.06. The molecular weight excluding hydrogens is 223 g/mol. The van der Waals surface area contributed by atoms with Gasteiger partial charge in [-0.05, 0) is 12.1 Å². The smallest absolute Gasteiger partial charge is 0.258 e. The number of halogens is 4. The van der Waals surface area contributed by atoms with Crippen molar-refractivity contribution in [3.8, 4) is 0 Å². The predicted molar refractivity (Wildman–Crippen MR) is 41.9 cm³/mol. The Morgan fingerprint density at radius 2 is 2.07 bits per heavy atom. The Labute approximate surface area is 81.2 Å². The molecule has 0 saturated carbocycles. The van der Waals surface area contributed by atoms with Crippen molar-refractivity contribution < 1.29 is 18.1 Å². The van der Waals surface area contributed by atoms with E-state index in [9.17, 15) is 23.3 Å². The van der Waals surface area contributed by atoms with Crippen LogP contribution in [0.15, 0.2) is 12.1 Å². The van der Waals surface area contributed by atoms with E-state index in [4.69, 9.17) is 11.6 Å². The third kappa shape index (κ3) is 2.14. The summed E-state index contributed by atoms with van der Waals surface area (Å²) in [5.41, 5.74) is -2.52. The predicted octanol–water partition coefficient (Wildman–Crippen LogP) is 3.07. The molecule has 0 spiro atoms. The van der Waals surface area contributed by atoms with E-state index in [0.29, 0.717) is 6.07 Å². The van der Waals surface area contributed by atoms with E-state index in [0.717, 1.165) is 6.07 Å². The zero-order chi connectivity index (χ0) is 10.9. The van der Waals surface area contributed by atoms with Crippen LogP contribution in [0.4, 0.5) is 18.9 Å². The molecule has 0 fully saturated rings. The summed E-state index contributed by atoms with van der Waals surface area (Å²) in [6.07, 6.45) is -4.80. The molecule has 1 rings (SSSR count). The Hall–Kier alpha value is -1.30. The van der Waals surface area contributed by atoms with Gasteiger partial charge in [0.15, 0.2) is 0 Å². The largest absolute Gasteiger partial charge is 0.423 e. The number of hydrogen-bond acceptors (Lipinski definition) is 2. The molecule has 0 aliphatic rings. The molecule has 0 heterocycles. The van der Waals surface area contributed by atoms with Crippen molar-refractivity contribution in [2.75, 3.05) is 0 Å². The summed E-state index contributed by atoms with van der Waals surface area (Å²) in [7, 11) is 0. The molecular formula is C7H2ClF3NO2. The summed E-state index contributed by atoms with van der Waals surface area (Å²) < 4.78 is 36.6. The first-order valence-electron chi connectivity index (χ1n) is 3.25. The van der Waals surface area contributed by atoms with E-state index < -0.39 is 22.4 Å². The zero-order valence-electron chi connectivity index (χ0n) is 6.43. The normalized spacial score (nSPS) is 11.4. The number of nitro groups is 1. The number of hydrogen-bond donors (Lipinski definition) is 0. The molecule has 0 atom stereocenters. The summed E-state index contributed by atoms with van der Waals surface area (Å²) in [6.45, 7) is 0. The molecule has 3 nitrogen and oxygen atoms in total. The number of nitro benzene ring substituents is 1. The minimum Gasteiger partial charge on any atom is -0.258 e. The fourth-order valence-corrected chi connectivity index (χ4v) is 0.994. The average molecular weight is 225 g/mol. The summed E-state index contributed by atoms with van der Waals surface area (Å²) >= 11 is 5.27. The minimum atomic E-state index is -4.80. The van der Waals surface area contributed by atoms with Crippen LogP contribution < -0.4 is 0 Å². The Morgan fingerprint density at radius 1 is 1.50 bits per heavy atom. The van der Waals surface area contributed by atoms with E-state index >= 15 is 0 Å². The Bertz CT molecular complexity index is 378. The van der Waals surface area contributed by atoms with Crippen LogP contribution in [0.1, 0.15) is 5.56 Å². The van der Waals surface area contributed by atoms with Gasteiger partial charge in [0.1, 0.15) is 5.56 Å². The highest BCUT2D eigenvalue weighted by molar-refractivity contribution is 6.30. The molecule has 0 aromatic heterocycles. The van der Waals surface area contributed by atoms with Crippen LogP contribution in [0.2, 0.25) is 5.02 Å². The number of nitrogens with zero attached hydrogens (tertiary/aromatic N) is 1. The molecule has 1 aromatic rings. The van der Waals surface area contributed by atoms with Gasteiger partial charge in [-0.2, -0.15) is 13.2 Å². The summed E-state index contributed by atoms with van der Waals surface area (Å²) in [5, 5.41) is 9.96. The van der Waals surface area contributed by atoms with Crippen LogP contribution in [0.3, 0.4) is 0 Å². The van der Waals surface area contributed by atoms with Crippen LogP contribution in [-0.2, 0) is 6.18 Å². The Balaban J connectivity index is 3.38. The van der Waals surface area contributed by atoms with Gasteiger partial charge in [0.2, 0.25) is 0 Å². The van der Waals surface area contributed by atoms with Gasteiger partial charge in [0, 0.05) is 5.02 Å². The fraction of sp³-hybridized carbons (Fsp3) is 0.143. The van der Waals surface area contributed by atoms with Crippen molar-refractivity contribution in [3.05, 3.63) is 38.9 Å². The minimum absolute atomic E-state index is 0.247. The molecule has 75 valence electrons. The molecule has 0 unspecified atom stereocenters. The highest BCUT2D eigenvalue weighted by Gasteiger charge is 2.38. The highest BCUT2D eigenvalue weighted by atomic mass is 35.5. The quantitative estimate of drug-likeness (QED) is 0.543. The lowest BCUT2D eigenvalue weighted by molar-refractivity contribution is -0.388. The zero-order valence-corrected chi connectivity index (χ0v) is 7.19. The first-order valence-corrected chi connectivity index (χ1v) is 3.63. The highest BCUT2D eigenvalue weighted by Crippen LogP contribution is 2.36. The molecule has 14 heavy (non-hydrogen) atoms. The number of alkyl halides is 3. The van der Waals surface area contributed by atoms with Crippen molar-refractivity contribution in [1.82, 2.24) is 0 Å². The van der Waals surface area contributed by atoms with E-state index in [-0.39, 0.29) is 5.02 Å². The number of benzene rings is 1. The molecule has 1 aromatic carbocycles. The Kier molecular flexibility index (Phi) is 2.66. The van der Waals surface area contributed by atoms with Gasteiger partial charge < -0.3 is 0 Å². The molecule has 0 saturated heterocycles. The van der Waals surface area contributed by atoms with E-state index in [1.165, 1.54) is 0 Å². The van der Waals surface area contributed by atoms with Crippen LogP contribution in [0.25, 0.3) is 0 Å². The second-order valence-electron chi connectivity index (χ2n) is 2.34. The molecule has 0 aliphatic carbocycles. The van der Waals surface area contributed by atoms with Gasteiger partial charge in [-0.15, -0.1) is 0 Å². The maximum atomic E-state index is 12.2. The van der Waals surface area contributed by atoms with Gasteiger partial charge in [-0.25, -0.2) is 0 Å². The van der Waals surface area contributed by atoms with Crippen molar-refractivity contribution >= 4 is 17.3 Å². The fourth-order valence-electron chi connectivity index (χ4n) is 0.830. The monoisotopic (exact) mass is 224 g/mol. The third-order valence-corrected chi connectivity index (χ3v) is 1.59. The van der Waals surface area contributed by atoms with Crippen LogP contribution in [-0.4, -0.2) is 4.92 Å². The average Bonchev–Trinajstić information content (AvgIpc) is 2.01. The van der Waals surface area contributed by atoms with Crippen molar-refractivity contribution in [1.29, 1.82) is 0 Å². The van der Waals surface area contributed by atoms with Crippen LogP contribution >= 0.6 is 11.6 Å². The third-order valence-electron chi connectivity index (χ3n) is 1.37. The van der Waals surface area contributed by atoms with E-state index in [2.05, 4.69) is 0 Å². The van der Waals surface area contributed by atoms with Crippen molar-refractivity contribution in [2.24, 2.45) is 0 Å². The molecule has 1 radical (unpaired) electrons. The van der Waals surface area contributed by atoms with Gasteiger partial charge in [-0.3, -0.25) is 10.1 Å². The van der Waals surface area contributed by atoms with Gasteiger partial charge >= 0.3 is 6.18 Å². The molecule has 0 amide bonds. The molecule has 0 N–H and O–H groups in total. The van der Waals surface area contributed by atoms with E-state index in [1.807, 2.05) is 6.07 Å². The van der Waals surface area contributed by atoms with Crippen LogP contribution in [0, 0.1) is 16.2 Å². The standard InChI is InChI=1S/C7H2ClF3NO2/c8-4-1-2-6(12(13)14)5(3-4)7(9,10)11/h1,3H. The lowest BCUT2D eigenvalue weighted by Crippen LogP contribution is -2.08. The number of rotatable bonds is 1. The second-order valence-corrected chi connectivity index (χ2v) is 2.77. The van der Waals surface area contributed by atoms with Gasteiger partial charge in [0.05, 0.1) is 11.0 Å². The first kappa shape index (κ1) is 10.8. The topological polar surface area (TPSA) is 43.1 Å². The maximum Gasteiger partial charge on any atom is 0.423 e. The lowest BCUT2D eigenvalue weighted by atomic mass is 10.2. The molecule has 7 heteroatoms. The molecule has 0 aliphatic heterocycles. The first-order chi connectivity index (χ1) is 6.32. The summed E-state index contributed by atoms with van der Waals surface area (Å²) in [4.78, 5) is 9.06. The van der Waals surface area contributed by atoms with Crippen molar-refractivity contribution in [3.63, 3.8) is 0 Å². The van der Waals surface area contributed by atoms with Gasteiger partial charge in [-0.1, -0.05) is 11.6 Å². The SMILES string of the molecule is O=[N+]([O-])c1[c]cc(Cl)cc1C(F)(F)F. The summed E-state index contributed by atoms with van der Waals surface area (Å²) in [5.74, 6) is 0. The van der Waals surface area contributed by atoms with E-state index in [1.54, 1.807) is 0 Å².